The maximum absolute atomic E-state index is 11.0. The van der Waals surface area contributed by atoms with E-state index in [0.717, 1.165) is 154 Å². The maximum atomic E-state index is 11.0. The molecule has 6 aromatic heterocycles. The maximum Gasteiger partial charge on any atom is 0.0998 e. The first-order chi connectivity index (χ1) is 60.0. The van der Waals surface area contributed by atoms with E-state index in [9.17, 15) is 10.5 Å². The van der Waals surface area contributed by atoms with E-state index in [1.54, 1.807) is 0 Å². The van der Waals surface area contributed by atoms with Crippen LogP contribution in [0.3, 0.4) is 0 Å². The third-order valence-corrected chi connectivity index (χ3v) is 25.0. The van der Waals surface area contributed by atoms with Gasteiger partial charge in [0.05, 0.1) is 115 Å². The van der Waals surface area contributed by atoms with Crippen molar-refractivity contribution in [2.45, 2.75) is 41.5 Å². The van der Waals surface area contributed by atoms with Crippen molar-refractivity contribution in [3.05, 3.63) is 421 Å². The van der Waals surface area contributed by atoms with Gasteiger partial charge in [0.1, 0.15) is 0 Å². The number of hydrogen-bond acceptors (Lipinski definition) is 4. The van der Waals surface area contributed by atoms with Gasteiger partial charge in [0, 0.05) is 65.3 Å². The molecule has 0 saturated heterocycles. The lowest BCUT2D eigenvalue weighted by atomic mass is 9.97. The van der Waals surface area contributed by atoms with Crippen LogP contribution >= 0.6 is 0 Å². The quantitative estimate of drug-likeness (QED) is 0.122. The van der Waals surface area contributed by atoms with Crippen molar-refractivity contribution in [3.63, 3.8) is 0 Å². The number of nitrogens with zero attached hydrogens (tertiary/aromatic N) is 8. The number of hydrogen-bond donors (Lipinski definition) is 0. The Bertz CT molecular complexity index is 7520. The summed E-state index contributed by atoms with van der Waals surface area (Å²) in [5.41, 5.74) is 38.3. The van der Waals surface area contributed by atoms with Gasteiger partial charge in [-0.25, -0.2) is 0 Å². The van der Waals surface area contributed by atoms with E-state index >= 15 is 0 Å². The van der Waals surface area contributed by atoms with E-state index in [-0.39, 0.29) is 0 Å². The summed E-state index contributed by atoms with van der Waals surface area (Å²) in [5.74, 6) is 0. The molecule has 0 aliphatic heterocycles. The molecule has 0 atom stereocenters. The summed E-state index contributed by atoms with van der Waals surface area (Å²) in [6.45, 7) is 13.0. The Morgan fingerprint density at radius 2 is 0.410 bits per heavy atom. The molecule has 0 saturated carbocycles. The summed E-state index contributed by atoms with van der Waals surface area (Å²) < 4.78 is 9.46. The highest BCUT2D eigenvalue weighted by molar-refractivity contribution is 6.16. The number of para-hydroxylation sites is 2. The predicted molar refractivity (Wildman–Crippen MR) is 507 cm³/mol. The summed E-state index contributed by atoms with van der Waals surface area (Å²) in [7, 11) is 0. The molecule has 0 radical (unpaired) electrons. The summed E-state index contributed by atoms with van der Waals surface area (Å²) >= 11 is 0. The van der Waals surface area contributed by atoms with Crippen LogP contribution in [-0.2, 0) is 0 Å². The Labute approximate surface area is 707 Å². The van der Waals surface area contributed by atoms with Crippen molar-refractivity contribution in [2.75, 3.05) is 0 Å². The molecule has 0 spiro atoms. The predicted octanol–water partition coefficient (Wildman–Crippen LogP) is 29.5. The third-order valence-electron chi connectivity index (χ3n) is 25.0. The van der Waals surface area contributed by atoms with Gasteiger partial charge in [-0.3, -0.25) is 9.97 Å². The van der Waals surface area contributed by atoms with Gasteiger partial charge in [0.15, 0.2) is 0 Å². The van der Waals surface area contributed by atoms with Gasteiger partial charge in [-0.1, -0.05) is 279 Å². The van der Waals surface area contributed by atoms with Crippen LogP contribution < -0.4 is 0 Å². The molecule has 0 amide bonds. The normalized spacial score (nSPS) is 11.5. The largest absolute Gasteiger partial charge is 0.307 e. The minimum absolute atomic E-state index is 0.588. The molecule has 6 heterocycles. The van der Waals surface area contributed by atoms with Crippen molar-refractivity contribution in [1.82, 2.24) is 28.2 Å². The highest BCUT2D eigenvalue weighted by atomic mass is 15.1. The summed E-state index contributed by atoms with van der Waals surface area (Å²) in [5, 5.41) is 30.7. The van der Waals surface area contributed by atoms with Gasteiger partial charge in [-0.15, -0.1) is 0 Å². The van der Waals surface area contributed by atoms with E-state index in [1.807, 2.05) is 61.2 Å². The van der Waals surface area contributed by atoms with Crippen molar-refractivity contribution >= 4 is 87.2 Å². The molecule has 0 fully saturated rings. The molecule has 22 rings (SSSR count). The average Bonchev–Trinajstić information content (AvgIpc) is 1.50. The SMILES string of the molecule is Cc1ccccc1-c1ccc2c(c1)c1ccccc1n2-c1cncc(-n2c3ccccc3c3cc(-c4ccccc4C)ccc32)c1-c1ccccc1C#N.Cc1ccccc1-c1ccc2c3ccc(-c4ccccc4C)cc3n(-c3cncc(-n4c5cc(-c6ccccc6C)ccc5c5ccc(-c6ccccc6C)cc54)c3-c3ccccc3C#N)c2c1. The number of fused-ring (bicyclic) bond motifs is 12. The van der Waals surface area contributed by atoms with Crippen LogP contribution in [0.5, 0.6) is 0 Å². The third kappa shape index (κ3) is 12.3. The summed E-state index contributed by atoms with van der Waals surface area (Å²) in [4.78, 5) is 10.2. The Balaban J connectivity index is 0.000000154. The molecular weight excluding hydrogens is 1480 g/mol. The lowest BCUT2D eigenvalue weighted by molar-refractivity contribution is 1.09. The first kappa shape index (κ1) is 73.6. The second-order valence-electron chi connectivity index (χ2n) is 32.1. The molecule has 0 bridgehead atoms. The fourth-order valence-corrected chi connectivity index (χ4v) is 19.1. The smallest absolute Gasteiger partial charge is 0.0998 e. The van der Waals surface area contributed by atoms with Crippen LogP contribution in [0.15, 0.2) is 377 Å². The Kier molecular flexibility index (Phi) is 18.2. The monoisotopic (exact) mass is 1560 g/mol. The van der Waals surface area contributed by atoms with Gasteiger partial charge in [0.2, 0.25) is 0 Å². The van der Waals surface area contributed by atoms with Gasteiger partial charge < -0.3 is 18.3 Å². The molecule has 0 aliphatic carbocycles. The van der Waals surface area contributed by atoms with E-state index < -0.39 is 0 Å². The topological polar surface area (TPSA) is 93.1 Å². The number of aryl methyl sites for hydroxylation is 6. The van der Waals surface area contributed by atoms with E-state index in [2.05, 4.69) is 387 Å². The molecule has 8 heteroatoms. The summed E-state index contributed by atoms with van der Waals surface area (Å²) in [6, 6.07) is 131. The van der Waals surface area contributed by atoms with Crippen LogP contribution in [0, 0.1) is 64.2 Å². The molecule has 0 N–H and O–H groups in total. The summed E-state index contributed by atoms with van der Waals surface area (Å²) in [6.07, 6.45) is 7.91. The standard InChI is InChI=1S/C64H46N4.C50H34N4/c1-40-15-5-10-20-49(40)44-25-29-54-55-30-26-45(50-21-11-6-16-41(50)2)34-59(55)67(58(54)33-44)62-38-66-39-63(64(62)53-24-14-9-19-48(53)37-65)68-60-35-46(51-22-12-7-17-42(51)3)27-31-56(60)57-32-28-47(36-61(57)68)52-23-13-8-18-43(52)4;1-32-13-3-6-16-37(32)34-23-25-46-42(27-34)40-19-9-11-21-44(40)53(46)48-30-52-31-49(50(48)39-18-8-5-15-36(39)29-51)54-45-22-12-10-20-41(45)43-28-35(24-26-47(43)54)38-17-7-4-14-33(38)2/h5-36,38-39H,1-4H3;3-28,30-31H,1-2H3. The molecule has 122 heavy (non-hydrogen) atoms. The van der Waals surface area contributed by atoms with Crippen LogP contribution in [0.2, 0.25) is 0 Å². The van der Waals surface area contributed by atoms with Crippen LogP contribution in [0.25, 0.3) is 199 Å². The second kappa shape index (κ2) is 30.2. The Morgan fingerprint density at radius 3 is 0.689 bits per heavy atom. The number of pyridine rings is 2. The van der Waals surface area contributed by atoms with Crippen LogP contribution in [0.1, 0.15) is 44.5 Å². The Morgan fingerprint density at radius 1 is 0.197 bits per heavy atom. The molecular formula is C114H80N8. The van der Waals surface area contributed by atoms with E-state index in [4.69, 9.17) is 9.97 Å². The zero-order valence-electron chi connectivity index (χ0n) is 68.4. The lowest BCUT2D eigenvalue weighted by Crippen LogP contribution is -2.06. The van der Waals surface area contributed by atoms with Crippen molar-refractivity contribution < 1.29 is 0 Å². The first-order valence-corrected chi connectivity index (χ1v) is 41.5. The molecule has 8 nitrogen and oxygen atoms in total. The average molecular weight is 1560 g/mol. The lowest BCUT2D eigenvalue weighted by Gasteiger charge is -2.21. The van der Waals surface area contributed by atoms with Crippen LogP contribution in [-0.4, -0.2) is 28.2 Å². The van der Waals surface area contributed by atoms with Crippen molar-refractivity contribution in [1.29, 1.82) is 10.5 Å². The highest BCUT2D eigenvalue weighted by Gasteiger charge is 2.29. The number of aromatic nitrogens is 6. The number of rotatable bonds is 12. The molecule has 22 aromatic rings. The molecule has 576 valence electrons. The van der Waals surface area contributed by atoms with Crippen molar-refractivity contribution in [3.8, 4) is 124 Å². The van der Waals surface area contributed by atoms with Gasteiger partial charge in [0.25, 0.3) is 0 Å². The van der Waals surface area contributed by atoms with E-state index in [0.29, 0.717) is 11.1 Å². The Hall–Kier alpha value is -16.0. The zero-order chi connectivity index (χ0) is 82.4. The minimum Gasteiger partial charge on any atom is -0.307 e. The minimum atomic E-state index is 0.588. The highest BCUT2D eigenvalue weighted by Crippen LogP contribution is 2.49. The molecule has 0 aliphatic rings. The van der Waals surface area contributed by atoms with Crippen LogP contribution in [0.4, 0.5) is 0 Å². The second-order valence-corrected chi connectivity index (χ2v) is 32.1. The number of nitriles is 2. The fourth-order valence-electron chi connectivity index (χ4n) is 19.1. The number of benzene rings is 16. The molecule has 0 unspecified atom stereocenters. The van der Waals surface area contributed by atoms with E-state index in [1.165, 1.54) is 77.9 Å². The van der Waals surface area contributed by atoms with Crippen molar-refractivity contribution in [2.24, 2.45) is 0 Å². The van der Waals surface area contributed by atoms with Gasteiger partial charge in [-0.05, 0) is 214 Å². The molecule has 16 aromatic carbocycles. The zero-order valence-corrected chi connectivity index (χ0v) is 68.4. The van der Waals surface area contributed by atoms with Gasteiger partial charge in [-0.2, -0.15) is 10.5 Å². The fraction of sp³-hybridized carbons (Fsp3) is 0.0526. The first-order valence-electron chi connectivity index (χ1n) is 41.5. The van der Waals surface area contributed by atoms with Gasteiger partial charge >= 0.3 is 0 Å².